The van der Waals surface area contributed by atoms with E-state index < -0.39 is 0 Å². The topological polar surface area (TPSA) is 64.1 Å². The van der Waals surface area contributed by atoms with E-state index in [2.05, 4.69) is 22.2 Å². The van der Waals surface area contributed by atoms with Gasteiger partial charge in [-0.3, -0.25) is 4.79 Å². The van der Waals surface area contributed by atoms with Crippen molar-refractivity contribution in [2.24, 2.45) is 0 Å². The van der Waals surface area contributed by atoms with Crippen LogP contribution in [0.1, 0.15) is 23.9 Å². The molecule has 5 heteroatoms. The fourth-order valence-electron chi connectivity index (χ4n) is 2.78. The van der Waals surface area contributed by atoms with Crippen molar-refractivity contribution < 1.29 is 9.53 Å². The van der Waals surface area contributed by atoms with Gasteiger partial charge in [-0.25, -0.2) is 4.98 Å². The molecule has 0 unspecified atom stereocenters. The molecule has 3 aromatic rings. The number of fused-ring (bicyclic) bond motifs is 1. The summed E-state index contributed by atoms with van der Waals surface area (Å²) in [5.41, 5.74) is 3.81. The third kappa shape index (κ3) is 3.76. The zero-order chi connectivity index (χ0) is 17.8. The first-order valence-corrected chi connectivity index (χ1v) is 8.33. The van der Waals surface area contributed by atoms with Crippen molar-refractivity contribution in [1.29, 1.82) is 0 Å². The summed E-state index contributed by atoms with van der Waals surface area (Å²) in [6, 6.07) is 13.6. The highest BCUT2D eigenvalue weighted by Gasteiger charge is 2.12. The number of aromatic nitrogens is 2. The van der Waals surface area contributed by atoms with Crippen LogP contribution in [0.15, 0.2) is 42.5 Å². The van der Waals surface area contributed by atoms with Gasteiger partial charge in [-0.15, -0.1) is 0 Å². The number of nitrogens with zero attached hydrogens (tertiary/aromatic N) is 2. The lowest BCUT2D eigenvalue weighted by Crippen LogP contribution is -2.22. The fraction of sp³-hybridized carbons (Fsp3) is 0.250. The quantitative estimate of drug-likeness (QED) is 0.770. The molecule has 25 heavy (non-hydrogen) atoms. The zero-order valence-electron chi connectivity index (χ0n) is 14.7. The van der Waals surface area contributed by atoms with Crippen molar-refractivity contribution in [1.82, 2.24) is 9.97 Å². The number of hydrogen-bond donors (Lipinski definition) is 1. The SMILES string of the molecule is CCc1cccc(C)c1NC(=O)COc1nc(C)nc2ccccc12. The number of hydrogen-bond acceptors (Lipinski definition) is 4. The number of benzene rings is 2. The first kappa shape index (κ1) is 16.9. The van der Waals surface area contributed by atoms with Crippen LogP contribution in [-0.2, 0) is 11.2 Å². The fourth-order valence-corrected chi connectivity index (χ4v) is 2.78. The van der Waals surface area contributed by atoms with Gasteiger partial charge in [0.05, 0.1) is 10.9 Å². The Hall–Kier alpha value is -2.95. The summed E-state index contributed by atoms with van der Waals surface area (Å²) < 4.78 is 5.68. The van der Waals surface area contributed by atoms with Crippen molar-refractivity contribution in [3.63, 3.8) is 0 Å². The second-order valence-corrected chi connectivity index (χ2v) is 5.89. The van der Waals surface area contributed by atoms with Crippen LogP contribution >= 0.6 is 0 Å². The summed E-state index contributed by atoms with van der Waals surface area (Å²) in [5, 5.41) is 3.75. The first-order chi connectivity index (χ1) is 12.1. The third-order valence-corrected chi connectivity index (χ3v) is 4.02. The van der Waals surface area contributed by atoms with E-state index in [0.29, 0.717) is 11.7 Å². The number of anilines is 1. The molecule has 0 aliphatic rings. The largest absolute Gasteiger partial charge is 0.467 e. The van der Waals surface area contributed by atoms with Crippen LogP contribution in [0, 0.1) is 13.8 Å². The summed E-state index contributed by atoms with van der Waals surface area (Å²) in [4.78, 5) is 21.0. The Bertz CT molecular complexity index is 922. The van der Waals surface area contributed by atoms with Gasteiger partial charge in [0.25, 0.3) is 5.91 Å². The van der Waals surface area contributed by atoms with E-state index in [0.717, 1.165) is 34.1 Å². The third-order valence-electron chi connectivity index (χ3n) is 4.02. The Morgan fingerprint density at radius 2 is 1.88 bits per heavy atom. The number of amides is 1. The highest BCUT2D eigenvalue weighted by Crippen LogP contribution is 2.23. The molecule has 0 saturated heterocycles. The van der Waals surface area contributed by atoms with Crippen molar-refractivity contribution in [3.8, 4) is 5.88 Å². The lowest BCUT2D eigenvalue weighted by Gasteiger charge is -2.13. The van der Waals surface area contributed by atoms with Crippen LogP contribution in [0.2, 0.25) is 0 Å². The summed E-state index contributed by atoms with van der Waals surface area (Å²) in [5.74, 6) is 0.837. The molecule has 1 heterocycles. The minimum absolute atomic E-state index is 0.0993. The van der Waals surface area contributed by atoms with E-state index in [1.54, 1.807) is 6.92 Å². The van der Waals surface area contributed by atoms with Gasteiger partial charge in [-0.1, -0.05) is 37.3 Å². The van der Waals surface area contributed by atoms with Gasteiger partial charge in [0.15, 0.2) is 6.61 Å². The molecule has 0 saturated carbocycles. The van der Waals surface area contributed by atoms with Crippen molar-refractivity contribution in [3.05, 3.63) is 59.4 Å². The van der Waals surface area contributed by atoms with E-state index in [9.17, 15) is 4.79 Å². The summed E-state index contributed by atoms with van der Waals surface area (Å²) in [7, 11) is 0. The number of carbonyl (C=O) groups is 1. The maximum atomic E-state index is 12.3. The molecule has 5 nitrogen and oxygen atoms in total. The minimum Gasteiger partial charge on any atom is -0.467 e. The first-order valence-electron chi connectivity index (χ1n) is 8.33. The number of nitrogens with one attached hydrogen (secondary N) is 1. The van der Waals surface area contributed by atoms with Gasteiger partial charge in [0, 0.05) is 5.69 Å². The molecule has 2 aromatic carbocycles. The van der Waals surface area contributed by atoms with Crippen LogP contribution < -0.4 is 10.1 Å². The molecule has 1 amide bonds. The highest BCUT2D eigenvalue weighted by atomic mass is 16.5. The van der Waals surface area contributed by atoms with Gasteiger partial charge >= 0.3 is 0 Å². The Morgan fingerprint density at radius 3 is 2.68 bits per heavy atom. The molecule has 0 radical (unpaired) electrons. The lowest BCUT2D eigenvalue weighted by atomic mass is 10.1. The molecule has 3 rings (SSSR count). The van der Waals surface area contributed by atoms with Crippen molar-refractivity contribution >= 4 is 22.5 Å². The maximum absolute atomic E-state index is 12.3. The highest BCUT2D eigenvalue weighted by molar-refractivity contribution is 5.93. The molecule has 1 N–H and O–H groups in total. The molecule has 0 atom stereocenters. The molecular formula is C20H21N3O2. The molecule has 0 spiro atoms. The predicted molar refractivity (Wildman–Crippen MR) is 99.0 cm³/mol. The normalized spacial score (nSPS) is 10.7. The van der Waals surface area contributed by atoms with E-state index in [-0.39, 0.29) is 12.5 Å². The van der Waals surface area contributed by atoms with E-state index >= 15 is 0 Å². The summed E-state index contributed by atoms with van der Waals surface area (Å²) >= 11 is 0. The molecule has 0 aliphatic heterocycles. The van der Waals surface area contributed by atoms with Crippen LogP contribution in [0.4, 0.5) is 5.69 Å². The van der Waals surface area contributed by atoms with E-state index in [1.165, 1.54) is 0 Å². The second-order valence-electron chi connectivity index (χ2n) is 5.89. The molecular weight excluding hydrogens is 314 g/mol. The Morgan fingerprint density at radius 1 is 1.08 bits per heavy atom. The van der Waals surface area contributed by atoms with E-state index in [1.807, 2.05) is 49.4 Å². The average molecular weight is 335 g/mol. The van der Waals surface area contributed by atoms with Crippen molar-refractivity contribution in [2.75, 3.05) is 11.9 Å². The number of para-hydroxylation sites is 2. The smallest absolute Gasteiger partial charge is 0.262 e. The van der Waals surface area contributed by atoms with Crippen LogP contribution in [0.3, 0.4) is 0 Å². The molecule has 0 fully saturated rings. The number of carbonyl (C=O) groups excluding carboxylic acids is 1. The van der Waals surface area contributed by atoms with Gasteiger partial charge in [-0.05, 0) is 43.5 Å². The number of aryl methyl sites for hydroxylation is 3. The van der Waals surface area contributed by atoms with Crippen LogP contribution in [0.5, 0.6) is 5.88 Å². The van der Waals surface area contributed by atoms with Crippen molar-refractivity contribution in [2.45, 2.75) is 27.2 Å². The standard InChI is InChI=1S/C20H21N3O2/c1-4-15-9-7-8-13(2)19(15)23-18(24)12-25-20-16-10-5-6-11-17(16)21-14(3)22-20/h5-11H,4,12H2,1-3H3,(H,23,24). The zero-order valence-corrected chi connectivity index (χ0v) is 14.7. The second kappa shape index (κ2) is 7.30. The Labute approximate surface area is 147 Å². The number of rotatable bonds is 5. The maximum Gasteiger partial charge on any atom is 0.262 e. The predicted octanol–water partition coefficient (Wildman–Crippen LogP) is 3.83. The summed E-state index contributed by atoms with van der Waals surface area (Å²) in [6.45, 7) is 5.76. The molecule has 1 aromatic heterocycles. The Balaban J connectivity index is 1.76. The minimum atomic E-state index is -0.204. The number of ether oxygens (including phenoxy) is 1. The molecule has 0 aliphatic carbocycles. The summed E-state index contributed by atoms with van der Waals surface area (Å²) in [6.07, 6.45) is 0.855. The van der Waals surface area contributed by atoms with Gasteiger partial charge in [-0.2, -0.15) is 4.98 Å². The Kier molecular flexibility index (Phi) is 4.93. The molecule has 128 valence electrons. The van der Waals surface area contributed by atoms with Crippen LogP contribution in [-0.4, -0.2) is 22.5 Å². The molecule has 0 bridgehead atoms. The lowest BCUT2D eigenvalue weighted by molar-refractivity contribution is -0.118. The van der Waals surface area contributed by atoms with Gasteiger partial charge in [0.2, 0.25) is 5.88 Å². The average Bonchev–Trinajstić information content (AvgIpc) is 2.61. The monoisotopic (exact) mass is 335 g/mol. The van der Waals surface area contributed by atoms with Crippen LogP contribution in [0.25, 0.3) is 10.9 Å². The van der Waals surface area contributed by atoms with Gasteiger partial charge in [0.1, 0.15) is 5.82 Å². The van der Waals surface area contributed by atoms with E-state index in [4.69, 9.17) is 4.74 Å². The van der Waals surface area contributed by atoms with Gasteiger partial charge < -0.3 is 10.1 Å².